The van der Waals surface area contributed by atoms with Crippen LogP contribution >= 0.6 is 0 Å². The van der Waals surface area contributed by atoms with Crippen molar-refractivity contribution in [2.45, 2.75) is 13.5 Å². The third-order valence-electron chi connectivity index (χ3n) is 3.35. The van der Waals surface area contributed by atoms with Crippen LogP contribution in [-0.4, -0.2) is 26.5 Å². The first-order valence-corrected chi connectivity index (χ1v) is 7.99. The lowest BCUT2D eigenvalue weighted by Gasteiger charge is -2.11. The maximum Gasteiger partial charge on any atom is 0.162 e. The number of hydrazone groups is 1. The Morgan fingerprint density at radius 1 is 1.12 bits per heavy atom. The topological polar surface area (TPSA) is 52.1 Å². The summed E-state index contributed by atoms with van der Waals surface area (Å²) in [5.74, 6) is 4.54. The average molecular weight is 338 g/mol. The number of hydrogen-bond donors (Lipinski definition) is 1. The van der Waals surface area contributed by atoms with E-state index in [-0.39, 0.29) is 6.61 Å². The number of methoxy groups -OCH3 is 1. The van der Waals surface area contributed by atoms with Crippen molar-refractivity contribution in [2.75, 3.05) is 20.3 Å². The predicted molar refractivity (Wildman–Crippen MR) is 99.4 cm³/mol. The monoisotopic (exact) mass is 338 g/mol. The lowest BCUT2D eigenvalue weighted by molar-refractivity contribution is 0.299. The van der Waals surface area contributed by atoms with Crippen LogP contribution in [0.25, 0.3) is 0 Å². The summed E-state index contributed by atoms with van der Waals surface area (Å²) >= 11 is 0. The maximum absolute atomic E-state index is 5.59. The van der Waals surface area contributed by atoms with Gasteiger partial charge in [-0.25, -0.2) is 0 Å². The van der Waals surface area contributed by atoms with Crippen LogP contribution < -0.4 is 19.6 Å². The summed E-state index contributed by atoms with van der Waals surface area (Å²) in [6.45, 7) is 3.23. The van der Waals surface area contributed by atoms with Gasteiger partial charge in [-0.3, -0.25) is 0 Å². The molecule has 2 rings (SSSR count). The molecule has 0 saturated carbocycles. The molecular formula is C20H22N2O3. The van der Waals surface area contributed by atoms with Crippen LogP contribution in [0.5, 0.6) is 17.2 Å². The van der Waals surface area contributed by atoms with Gasteiger partial charge in [0.15, 0.2) is 11.5 Å². The molecule has 0 unspecified atom stereocenters. The zero-order valence-corrected chi connectivity index (χ0v) is 14.5. The van der Waals surface area contributed by atoms with Crippen LogP contribution in [0.1, 0.15) is 18.1 Å². The molecule has 5 heteroatoms. The van der Waals surface area contributed by atoms with Gasteiger partial charge in [0.1, 0.15) is 12.4 Å². The molecule has 0 aliphatic rings. The van der Waals surface area contributed by atoms with Gasteiger partial charge in [0, 0.05) is 5.56 Å². The van der Waals surface area contributed by atoms with Crippen LogP contribution in [0, 0.1) is 12.3 Å². The molecule has 0 atom stereocenters. The summed E-state index contributed by atoms with van der Waals surface area (Å²) in [5.41, 5.74) is 4.95. The summed E-state index contributed by atoms with van der Waals surface area (Å²) in [5, 5.41) is 4.25. The van der Waals surface area contributed by atoms with E-state index in [2.05, 4.69) is 16.4 Å². The number of terminal acetylenes is 1. The second-order valence-corrected chi connectivity index (χ2v) is 5.04. The third-order valence-corrected chi connectivity index (χ3v) is 3.35. The molecular weight excluding hydrogens is 316 g/mol. The predicted octanol–water partition coefficient (Wildman–Crippen LogP) is 3.23. The van der Waals surface area contributed by atoms with Crippen LogP contribution in [0.4, 0.5) is 0 Å². The Hall–Kier alpha value is -3.13. The average Bonchev–Trinajstić information content (AvgIpc) is 2.65. The van der Waals surface area contributed by atoms with E-state index in [0.29, 0.717) is 24.7 Å². The lowest BCUT2D eigenvalue weighted by atomic mass is 10.2. The highest BCUT2D eigenvalue weighted by molar-refractivity contribution is 5.80. The van der Waals surface area contributed by atoms with Gasteiger partial charge in [0.05, 0.1) is 26.5 Å². The molecule has 0 bridgehead atoms. The highest BCUT2D eigenvalue weighted by Gasteiger charge is 2.05. The van der Waals surface area contributed by atoms with Crippen LogP contribution in [-0.2, 0) is 6.54 Å². The number of ether oxygens (including phenoxy) is 3. The second kappa shape index (κ2) is 9.89. The van der Waals surface area contributed by atoms with Crippen LogP contribution in [0.15, 0.2) is 47.6 Å². The smallest absolute Gasteiger partial charge is 0.162 e. The van der Waals surface area contributed by atoms with Crippen LogP contribution in [0.2, 0.25) is 0 Å². The molecule has 0 fully saturated rings. The molecule has 0 saturated heterocycles. The van der Waals surface area contributed by atoms with E-state index >= 15 is 0 Å². The number of hydrogen-bond acceptors (Lipinski definition) is 5. The quantitative estimate of drug-likeness (QED) is 0.433. The van der Waals surface area contributed by atoms with Crippen molar-refractivity contribution in [3.8, 4) is 29.6 Å². The Balaban J connectivity index is 2.00. The zero-order valence-electron chi connectivity index (χ0n) is 14.5. The highest BCUT2D eigenvalue weighted by Crippen LogP contribution is 2.28. The molecule has 0 spiro atoms. The number of nitrogens with one attached hydrogen (secondary N) is 1. The van der Waals surface area contributed by atoms with Crippen molar-refractivity contribution >= 4 is 6.21 Å². The Bertz CT molecular complexity index is 751. The van der Waals surface area contributed by atoms with Gasteiger partial charge >= 0.3 is 0 Å². The van der Waals surface area contributed by atoms with Gasteiger partial charge in [-0.2, -0.15) is 5.10 Å². The van der Waals surface area contributed by atoms with Gasteiger partial charge in [0.2, 0.25) is 0 Å². The first-order chi connectivity index (χ1) is 12.3. The third kappa shape index (κ3) is 5.47. The largest absolute Gasteiger partial charge is 0.496 e. The summed E-state index contributed by atoms with van der Waals surface area (Å²) in [6.07, 6.45) is 6.95. The number of rotatable bonds is 9. The van der Waals surface area contributed by atoms with E-state index in [0.717, 1.165) is 16.9 Å². The fraction of sp³-hybridized carbons (Fsp3) is 0.250. The number of benzene rings is 2. The molecule has 2 aromatic carbocycles. The fourth-order valence-corrected chi connectivity index (χ4v) is 2.21. The van der Waals surface area contributed by atoms with Crippen molar-refractivity contribution in [2.24, 2.45) is 5.10 Å². The lowest BCUT2D eigenvalue weighted by Crippen LogP contribution is -2.07. The summed E-state index contributed by atoms with van der Waals surface area (Å²) in [7, 11) is 1.65. The molecule has 0 radical (unpaired) electrons. The van der Waals surface area contributed by atoms with E-state index in [9.17, 15) is 0 Å². The molecule has 0 aliphatic heterocycles. The number of nitrogens with zero attached hydrogens (tertiary/aromatic N) is 1. The molecule has 0 amide bonds. The first kappa shape index (κ1) is 18.2. The van der Waals surface area contributed by atoms with E-state index in [4.69, 9.17) is 20.6 Å². The van der Waals surface area contributed by atoms with E-state index in [1.54, 1.807) is 13.3 Å². The minimum absolute atomic E-state index is 0.202. The van der Waals surface area contributed by atoms with Crippen molar-refractivity contribution in [3.05, 3.63) is 53.6 Å². The number of para-hydroxylation sites is 1. The summed E-state index contributed by atoms with van der Waals surface area (Å²) in [4.78, 5) is 0. The molecule has 5 nitrogen and oxygen atoms in total. The van der Waals surface area contributed by atoms with Gasteiger partial charge < -0.3 is 19.6 Å². The second-order valence-electron chi connectivity index (χ2n) is 5.04. The Morgan fingerprint density at radius 3 is 2.72 bits per heavy atom. The van der Waals surface area contributed by atoms with Gasteiger partial charge in [-0.15, -0.1) is 6.42 Å². The standard InChI is InChI=1S/C20H22N2O3/c1-4-12-25-19-11-10-16(13-20(19)24-5-2)14-21-22-15-17-8-6-7-9-18(17)23-3/h1,6-11,13-14,22H,5,12,15H2,2-3H3/b21-14+. The SMILES string of the molecule is C#CCOc1ccc(/C=N/NCc2ccccc2OC)cc1OCC. The normalized spacial score (nSPS) is 10.3. The minimum atomic E-state index is 0.202. The molecule has 0 heterocycles. The summed E-state index contributed by atoms with van der Waals surface area (Å²) in [6, 6.07) is 13.4. The first-order valence-electron chi connectivity index (χ1n) is 7.99. The van der Waals surface area contributed by atoms with Gasteiger partial charge in [0.25, 0.3) is 0 Å². The van der Waals surface area contributed by atoms with Crippen molar-refractivity contribution < 1.29 is 14.2 Å². The molecule has 2 aromatic rings. The van der Waals surface area contributed by atoms with Gasteiger partial charge in [-0.05, 0) is 36.8 Å². The summed E-state index contributed by atoms with van der Waals surface area (Å²) < 4.78 is 16.4. The zero-order chi connectivity index (χ0) is 17.9. The van der Waals surface area contributed by atoms with E-state index < -0.39 is 0 Å². The van der Waals surface area contributed by atoms with E-state index in [1.165, 1.54) is 0 Å². The molecule has 130 valence electrons. The van der Waals surface area contributed by atoms with Crippen molar-refractivity contribution in [1.82, 2.24) is 5.43 Å². The van der Waals surface area contributed by atoms with Crippen molar-refractivity contribution in [1.29, 1.82) is 0 Å². The van der Waals surface area contributed by atoms with Crippen LogP contribution in [0.3, 0.4) is 0 Å². The Kier molecular flexibility index (Phi) is 7.20. The molecule has 25 heavy (non-hydrogen) atoms. The Morgan fingerprint density at radius 2 is 1.96 bits per heavy atom. The van der Waals surface area contributed by atoms with E-state index in [1.807, 2.05) is 49.4 Å². The maximum atomic E-state index is 5.59. The molecule has 0 aliphatic carbocycles. The Labute approximate surface area is 148 Å². The molecule has 0 aromatic heterocycles. The minimum Gasteiger partial charge on any atom is -0.496 e. The molecule has 1 N–H and O–H groups in total. The van der Waals surface area contributed by atoms with Crippen molar-refractivity contribution in [3.63, 3.8) is 0 Å². The van der Waals surface area contributed by atoms with Gasteiger partial charge in [-0.1, -0.05) is 24.1 Å². The highest BCUT2D eigenvalue weighted by atomic mass is 16.5. The fourth-order valence-electron chi connectivity index (χ4n) is 2.21.